The number of ether oxygens (including phenoxy) is 3. The first-order valence-electron chi connectivity index (χ1n) is 11.5. The fourth-order valence-corrected chi connectivity index (χ4v) is 4.32. The number of fused-ring (bicyclic) bond motifs is 1. The van der Waals surface area contributed by atoms with Crippen molar-refractivity contribution in [1.82, 2.24) is 9.47 Å². The van der Waals surface area contributed by atoms with E-state index < -0.39 is 0 Å². The number of halogens is 1. The highest BCUT2D eigenvalue weighted by atomic mass is 35.5. The molecule has 0 N–H and O–H groups in total. The smallest absolute Gasteiger partial charge is 0.415 e. The van der Waals surface area contributed by atoms with Crippen LogP contribution in [0.2, 0.25) is 5.02 Å². The van der Waals surface area contributed by atoms with Gasteiger partial charge in [0.1, 0.15) is 5.75 Å². The van der Waals surface area contributed by atoms with E-state index in [1.54, 1.807) is 19.1 Å². The molecule has 0 radical (unpaired) electrons. The molecule has 0 atom stereocenters. The number of carbonyl (C=O) groups excluding carboxylic acids is 1. The van der Waals surface area contributed by atoms with Gasteiger partial charge in [0.25, 0.3) is 0 Å². The van der Waals surface area contributed by atoms with Crippen LogP contribution in [0.25, 0.3) is 22.0 Å². The number of hydrogen-bond acceptors (Lipinski definition) is 4. The minimum Gasteiger partial charge on any atom is -0.493 e. The molecule has 0 unspecified atom stereocenters. The Labute approximate surface area is 210 Å². The third kappa shape index (κ3) is 5.08. The van der Waals surface area contributed by atoms with Gasteiger partial charge in [-0.15, -0.1) is 0 Å². The number of aromatic nitrogens is 1. The van der Waals surface area contributed by atoms with Crippen LogP contribution in [0.5, 0.6) is 17.2 Å². The van der Waals surface area contributed by atoms with Crippen LogP contribution in [0, 0.1) is 0 Å². The van der Waals surface area contributed by atoms with Gasteiger partial charge in [-0.25, -0.2) is 4.79 Å². The minimum absolute atomic E-state index is 0.378. The molecule has 0 fully saturated rings. The lowest BCUT2D eigenvalue weighted by Crippen LogP contribution is -2.33. The summed E-state index contributed by atoms with van der Waals surface area (Å²) in [6.07, 6.45) is 1.66. The van der Waals surface area contributed by atoms with Gasteiger partial charge in [0.2, 0.25) is 0 Å². The van der Waals surface area contributed by atoms with Gasteiger partial charge < -0.3 is 23.7 Å². The first-order chi connectivity index (χ1) is 17.0. The predicted molar refractivity (Wildman–Crippen MR) is 140 cm³/mol. The van der Waals surface area contributed by atoms with Crippen LogP contribution in [0.1, 0.15) is 19.4 Å². The molecular weight excluding hydrogens is 464 g/mol. The average molecular weight is 493 g/mol. The van der Waals surface area contributed by atoms with Crippen molar-refractivity contribution < 1.29 is 19.0 Å². The highest BCUT2D eigenvalue weighted by Gasteiger charge is 2.20. The molecule has 1 heterocycles. The molecule has 0 spiro atoms. The molecule has 35 heavy (non-hydrogen) atoms. The van der Waals surface area contributed by atoms with Crippen molar-refractivity contribution in [1.29, 1.82) is 0 Å². The number of carbonyl (C=O) groups is 1. The second-order valence-corrected chi connectivity index (χ2v) is 8.49. The molecular formula is C28H29ClN2O4. The molecule has 4 rings (SSSR count). The van der Waals surface area contributed by atoms with E-state index in [4.69, 9.17) is 25.8 Å². The van der Waals surface area contributed by atoms with E-state index in [-0.39, 0.29) is 6.09 Å². The van der Waals surface area contributed by atoms with Gasteiger partial charge >= 0.3 is 6.09 Å². The topological polar surface area (TPSA) is 52.9 Å². The molecule has 0 saturated carbocycles. The highest BCUT2D eigenvalue weighted by molar-refractivity contribution is 6.30. The van der Waals surface area contributed by atoms with Crippen molar-refractivity contribution in [2.75, 3.05) is 27.3 Å². The highest BCUT2D eigenvalue weighted by Crippen LogP contribution is 2.41. The predicted octanol–water partition coefficient (Wildman–Crippen LogP) is 6.87. The van der Waals surface area contributed by atoms with E-state index in [9.17, 15) is 4.79 Å². The first-order valence-corrected chi connectivity index (χ1v) is 11.9. The third-order valence-electron chi connectivity index (χ3n) is 6.07. The monoisotopic (exact) mass is 492 g/mol. The molecule has 0 aliphatic carbocycles. The Kier molecular flexibility index (Phi) is 7.51. The quantitative estimate of drug-likeness (QED) is 0.269. The fourth-order valence-electron chi connectivity index (χ4n) is 4.19. The van der Waals surface area contributed by atoms with Crippen LogP contribution in [-0.4, -0.2) is 42.9 Å². The van der Waals surface area contributed by atoms with Gasteiger partial charge in [-0.05, 0) is 67.4 Å². The Morgan fingerprint density at radius 1 is 0.886 bits per heavy atom. The molecule has 182 valence electrons. The molecule has 0 saturated heterocycles. The minimum atomic E-state index is -0.378. The lowest BCUT2D eigenvalue weighted by molar-refractivity contribution is 0.157. The van der Waals surface area contributed by atoms with Crippen LogP contribution < -0.4 is 14.2 Å². The number of hydrogen-bond donors (Lipinski definition) is 0. The Hall–Kier alpha value is -3.64. The maximum atomic E-state index is 12.8. The van der Waals surface area contributed by atoms with Gasteiger partial charge in [0, 0.05) is 47.3 Å². The van der Waals surface area contributed by atoms with Gasteiger partial charge in [-0.2, -0.15) is 0 Å². The molecule has 6 nitrogen and oxygen atoms in total. The fraction of sp³-hybridized carbons (Fsp3) is 0.250. The Morgan fingerprint density at radius 3 is 2.23 bits per heavy atom. The summed E-state index contributed by atoms with van der Waals surface area (Å²) >= 11 is 6.05. The number of methoxy groups -OCH3 is 2. The van der Waals surface area contributed by atoms with Crippen molar-refractivity contribution in [3.63, 3.8) is 0 Å². The van der Waals surface area contributed by atoms with Crippen molar-refractivity contribution >= 4 is 28.6 Å². The van der Waals surface area contributed by atoms with Crippen LogP contribution in [0.15, 0.2) is 66.9 Å². The summed E-state index contributed by atoms with van der Waals surface area (Å²) in [7, 11) is 3.21. The van der Waals surface area contributed by atoms with E-state index in [1.165, 1.54) is 0 Å². The summed E-state index contributed by atoms with van der Waals surface area (Å²) in [6, 6.07) is 19.4. The average Bonchev–Trinajstić information content (AvgIpc) is 3.28. The number of rotatable bonds is 8. The lowest BCUT2D eigenvalue weighted by Gasteiger charge is -2.20. The zero-order valence-electron chi connectivity index (χ0n) is 20.4. The molecule has 0 aliphatic rings. The van der Waals surface area contributed by atoms with Crippen LogP contribution in [0.4, 0.5) is 4.79 Å². The van der Waals surface area contributed by atoms with E-state index in [0.29, 0.717) is 41.9 Å². The maximum absolute atomic E-state index is 12.8. The third-order valence-corrected chi connectivity index (χ3v) is 6.32. The van der Waals surface area contributed by atoms with Crippen molar-refractivity contribution in [2.45, 2.75) is 20.4 Å². The van der Waals surface area contributed by atoms with Crippen molar-refractivity contribution in [2.24, 2.45) is 0 Å². The van der Waals surface area contributed by atoms with E-state index >= 15 is 0 Å². The summed E-state index contributed by atoms with van der Waals surface area (Å²) < 4.78 is 19.0. The summed E-state index contributed by atoms with van der Waals surface area (Å²) in [5.74, 6) is 1.72. The van der Waals surface area contributed by atoms with E-state index in [1.807, 2.05) is 80.7 Å². The normalized spacial score (nSPS) is 10.9. The molecule has 3 aromatic carbocycles. The zero-order valence-corrected chi connectivity index (χ0v) is 21.1. The number of nitrogens with zero attached hydrogens (tertiary/aromatic N) is 2. The Morgan fingerprint density at radius 2 is 1.57 bits per heavy atom. The van der Waals surface area contributed by atoms with Gasteiger partial charge in [0.15, 0.2) is 11.5 Å². The molecule has 1 amide bonds. The lowest BCUT2D eigenvalue weighted by atomic mass is 10.00. The molecule has 7 heteroatoms. The van der Waals surface area contributed by atoms with Gasteiger partial charge in [-0.1, -0.05) is 29.8 Å². The Balaban J connectivity index is 1.84. The molecule has 0 aliphatic heterocycles. The summed E-state index contributed by atoms with van der Waals surface area (Å²) in [4.78, 5) is 14.5. The molecule has 4 aromatic rings. The standard InChI is InChI=1S/C28H29ClN2O4/c1-5-30(6-2)28(32)35-25-14-12-23-22(15-16-31(23)18-19-7-10-21(29)11-8-19)27(25)20-9-13-24(33-3)26(17-20)34-4/h7-17H,5-6,18H2,1-4H3. The maximum Gasteiger partial charge on any atom is 0.415 e. The number of benzene rings is 3. The molecule has 1 aromatic heterocycles. The van der Waals surface area contributed by atoms with Crippen LogP contribution >= 0.6 is 11.6 Å². The largest absolute Gasteiger partial charge is 0.493 e. The SMILES string of the molecule is CCN(CC)C(=O)Oc1ccc2c(ccn2Cc2ccc(Cl)cc2)c1-c1ccc(OC)c(OC)c1. The summed E-state index contributed by atoms with van der Waals surface area (Å²) in [5.41, 5.74) is 3.84. The number of amides is 1. The molecule has 0 bridgehead atoms. The van der Waals surface area contributed by atoms with Gasteiger partial charge in [0.05, 0.1) is 14.2 Å². The van der Waals surface area contributed by atoms with E-state index in [0.717, 1.165) is 27.6 Å². The first kappa shape index (κ1) is 24.5. The van der Waals surface area contributed by atoms with Crippen molar-refractivity contribution in [3.05, 3.63) is 77.4 Å². The second-order valence-electron chi connectivity index (χ2n) is 8.05. The van der Waals surface area contributed by atoms with E-state index in [2.05, 4.69) is 4.57 Å². The van der Waals surface area contributed by atoms with Crippen molar-refractivity contribution in [3.8, 4) is 28.4 Å². The van der Waals surface area contributed by atoms with Crippen LogP contribution in [0.3, 0.4) is 0 Å². The zero-order chi connectivity index (χ0) is 24.9. The van der Waals surface area contributed by atoms with Crippen LogP contribution in [-0.2, 0) is 6.54 Å². The van der Waals surface area contributed by atoms with Gasteiger partial charge in [-0.3, -0.25) is 0 Å². The second kappa shape index (κ2) is 10.7. The summed E-state index contributed by atoms with van der Waals surface area (Å²) in [6.45, 7) is 5.69. The summed E-state index contributed by atoms with van der Waals surface area (Å²) in [5, 5.41) is 1.68. The Bertz CT molecular complexity index is 1330.